The highest BCUT2D eigenvalue weighted by molar-refractivity contribution is 5.85. The number of amides is 1. The third-order valence-electron chi connectivity index (χ3n) is 4.15. The van der Waals surface area contributed by atoms with Crippen LogP contribution in [0.3, 0.4) is 0 Å². The first-order valence-corrected chi connectivity index (χ1v) is 7.32. The topological polar surface area (TPSA) is 64.2 Å². The fourth-order valence-electron chi connectivity index (χ4n) is 2.87. The molecule has 2 N–H and O–H groups in total. The predicted octanol–water partition coefficient (Wildman–Crippen LogP) is 2.59. The van der Waals surface area contributed by atoms with E-state index in [9.17, 15) is 4.79 Å². The average molecular weight is 357 g/mol. The number of halogens is 2. The van der Waals surface area contributed by atoms with E-state index in [-0.39, 0.29) is 30.7 Å². The van der Waals surface area contributed by atoms with Crippen LogP contribution in [0, 0.1) is 0 Å². The van der Waals surface area contributed by atoms with Crippen LogP contribution in [0.2, 0.25) is 0 Å². The lowest BCUT2D eigenvalue weighted by atomic mass is 10.0. The largest absolute Gasteiger partial charge is 0.341 e. The van der Waals surface area contributed by atoms with E-state index in [1.54, 1.807) is 6.20 Å². The number of nitrogens with zero attached hydrogens (tertiary/aromatic N) is 3. The van der Waals surface area contributed by atoms with Crippen molar-refractivity contribution in [1.29, 1.82) is 0 Å². The lowest BCUT2D eigenvalue weighted by Crippen LogP contribution is -2.43. The number of carbonyl (C=O) groups is 1. The molecule has 0 saturated carbocycles. The summed E-state index contributed by atoms with van der Waals surface area (Å²) in [4.78, 5) is 18.4. The average Bonchev–Trinajstić information content (AvgIpc) is 3.09. The van der Waals surface area contributed by atoms with Gasteiger partial charge in [0, 0.05) is 31.5 Å². The van der Waals surface area contributed by atoms with Gasteiger partial charge >= 0.3 is 0 Å². The second-order valence-electron chi connectivity index (χ2n) is 5.45. The van der Waals surface area contributed by atoms with Gasteiger partial charge in [-0.1, -0.05) is 30.3 Å². The lowest BCUT2D eigenvalue weighted by molar-refractivity contribution is -0.134. The molecule has 5 nitrogen and oxygen atoms in total. The monoisotopic (exact) mass is 356 g/mol. The zero-order chi connectivity index (χ0) is 14.7. The highest BCUT2D eigenvalue weighted by Gasteiger charge is 2.27. The molecule has 1 fully saturated rings. The van der Waals surface area contributed by atoms with Crippen LogP contribution in [0.15, 0.2) is 49.1 Å². The zero-order valence-corrected chi connectivity index (χ0v) is 14.4. The van der Waals surface area contributed by atoms with E-state index in [1.165, 1.54) is 0 Å². The molecule has 1 aromatic carbocycles. The molecule has 3 rings (SSSR count). The second kappa shape index (κ2) is 8.91. The summed E-state index contributed by atoms with van der Waals surface area (Å²) in [5, 5.41) is 0. The maximum absolute atomic E-state index is 12.5. The van der Waals surface area contributed by atoms with Gasteiger partial charge < -0.3 is 15.2 Å². The Morgan fingerprint density at radius 3 is 2.39 bits per heavy atom. The van der Waals surface area contributed by atoms with Gasteiger partial charge in [0.05, 0.1) is 6.33 Å². The first-order chi connectivity index (χ1) is 10.3. The van der Waals surface area contributed by atoms with Crippen molar-refractivity contribution in [3.05, 3.63) is 54.6 Å². The minimum atomic E-state index is -0.559. The van der Waals surface area contributed by atoms with Crippen LogP contribution in [0.4, 0.5) is 0 Å². The molecule has 2 aromatic rings. The maximum atomic E-state index is 12.5. The van der Waals surface area contributed by atoms with Gasteiger partial charge in [0.2, 0.25) is 5.91 Å². The molecule has 0 spiro atoms. The van der Waals surface area contributed by atoms with Gasteiger partial charge in [0.1, 0.15) is 6.04 Å². The van der Waals surface area contributed by atoms with Gasteiger partial charge in [-0.25, -0.2) is 4.98 Å². The SMILES string of the molecule is Cl.Cl.NC(C(=O)N1CCC(n2ccnc2)CC1)c1ccccc1. The maximum Gasteiger partial charge on any atom is 0.244 e. The van der Waals surface area contributed by atoms with Crippen LogP contribution < -0.4 is 5.73 Å². The van der Waals surface area contributed by atoms with Gasteiger partial charge in [0.15, 0.2) is 0 Å². The molecule has 0 radical (unpaired) electrons. The zero-order valence-electron chi connectivity index (χ0n) is 12.7. The quantitative estimate of drug-likeness (QED) is 0.918. The minimum Gasteiger partial charge on any atom is -0.341 e. The number of hydrogen-bond donors (Lipinski definition) is 1. The predicted molar refractivity (Wildman–Crippen MR) is 94.9 cm³/mol. The molecule has 1 aliphatic rings. The molecule has 126 valence electrons. The number of nitrogens with two attached hydrogens (primary N) is 1. The van der Waals surface area contributed by atoms with Crippen molar-refractivity contribution in [1.82, 2.24) is 14.5 Å². The van der Waals surface area contributed by atoms with Gasteiger partial charge in [-0.05, 0) is 18.4 Å². The molecule has 0 bridgehead atoms. The highest BCUT2D eigenvalue weighted by atomic mass is 35.5. The van der Waals surface area contributed by atoms with Crippen molar-refractivity contribution in [3.8, 4) is 0 Å². The van der Waals surface area contributed by atoms with Crippen molar-refractivity contribution in [2.75, 3.05) is 13.1 Å². The Kier molecular flexibility index (Phi) is 7.55. The number of benzene rings is 1. The molecule has 1 unspecified atom stereocenters. The van der Waals surface area contributed by atoms with Crippen LogP contribution in [0.1, 0.15) is 30.5 Å². The molecule has 1 atom stereocenters. The van der Waals surface area contributed by atoms with Gasteiger partial charge in [0.25, 0.3) is 0 Å². The Morgan fingerprint density at radius 2 is 1.83 bits per heavy atom. The van der Waals surface area contributed by atoms with E-state index in [1.807, 2.05) is 47.8 Å². The second-order valence-corrected chi connectivity index (χ2v) is 5.45. The van der Waals surface area contributed by atoms with Crippen LogP contribution >= 0.6 is 24.8 Å². The molecule has 7 heteroatoms. The van der Waals surface area contributed by atoms with Crippen molar-refractivity contribution < 1.29 is 4.79 Å². The molecule has 23 heavy (non-hydrogen) atoms. The third-order valence-corrected chi connectivity index (χ3v) is 4.15. The van der Waals surface area contributed by atoms with E-state index in [0.717, 1.165) is 31.5 Å². The number of carbonyl (C=O) groups excluding carboxylic acids is 1. The van der Waals surface area contributed by atoms with Crippen LogP contribution in [-0.2, 0) is 4.79 Å². The van der Waals surface area contributed by atoms with Gasteiger partial charge in [-0.2, -0.15) is 0 Å². The van der Waals surface area contributed by atoms with Gasteiger partial charge in [-0.3, -0.25) is 4.79 Å². The Morgan fingerprint density at radius 1 is 1.17 bits per heavy atom. The molecular weight excluding hydrogens is 335 g/mol. The lowest BCUT2D eigenvalue weighted by Gasteiger charge is -2.34. The number of likely N-dealkylation sites (tertiary alicyclic amines) is 1. The fraction of sp³-hybridized carbons (Fsp3) is 0.375. The Bertz CT molecular complexity index is 583. The third kappa shape index (κ3) is 4.47. The summed E-state index contributed by atoms with van der Waals surface area (Å²) in [5.74, 6) is 0.0188. The number of piperidine rings is 1. The minimum absolute atomic E-state index is 0. The first-order valence-electron chi connectivity index (χ1n) is 7.32. The van der Waals surface area contributed by atoms with Crippen LogP contribution in [-0.4, -0.2) is 33.4 Å². The Balaban J connectivity index is 0.00000132. The number of hydrogen-bond acceptors (Lipinski definition) is 3. The molecule has 1 amide bonds. The summed E-state index contributed by atoms with van der Waals surface area (Å²) < 4.78 is 2.12. The summed E-state index contributed by atoms with van der Waals surface area (Å²) >= 11 is 0. The Labute approximate surface area is 148 Å². The van der Waals surface area contributed by atoms with Gasteiger partial charge in [-0.15, -0.1) is 24.8 Å². The smallest absolute Gasteiger partial charge is 0.244 e. The standard InChI is InChI=1S/C16H20N4O.2ClH/c17-15(13-4-2-1-3-5-13)16(21)19-9-6-14(7-10-19)20-11-8-18-12-20;;/h1-5,8,11-12,14-15H,6-7,9-10,17H2;2*1H. The van der Waals surface area contributed by atoms with E-state index in [4.69, 9.17) is 5.73 Å². The highest BCUT2D eigenvalue weighted by Crippen LogP contribution is 2.24. The summed E-state index contributed by atoms with van der Waals surface area (Å²) in [6.45, 7) is 1.50. The first kappa shape index (κ1) is 19.5. The van der Waals surface area contributed by atoms with Crippen molar-refractivity contribution in [2.45, 2.75) is 24.9 Å². The molecule has 1 saturated heterocycles. The van der Waals surface area contributed by atoms with Crippen molar-refractivity contribution in [2.24, 2.45) is 5.73 Å². The summed E-state index contributed by atoms with van der Waals surface area (Å²) in [5.41, 5.74) is 6.97. The van der Waals surface area contributed by atoms with E-state index >= 15 is 0 Å². The molecule has 2 heterocycles. The van der Waals surface area contributed by atoms with E-state index in [0.29, 0.717) is 6.04 Å². The fourth-order valence-corrected chi connectivity index (χ4v) is 2.87. The number of imidazole rings is 1. The summed E-state index contributed by atoms with van der Waals surface area (Å²) in [6.07, 6.45) is 7.52. The molecule has 0 aliphatic carbocycles. The summed E-state index contributed by atoms with van der Waals surface area (Å²) in [6, 6.07) is 9.43. The Hall–Kier alpha value is -1.56. The number of aromatic nitrogens is 2. The van der Waals surface area contributed by atoms with Crippen LogP contribution in [0.5, 0.6) is 0 Å². The number of rotatable bonds is 3. The van der Waals surface area contributed by atoms with E-state index < -0.39 is 6.04 Å². The van der Waals surface area contributed by atoms with Crippen molar-refractivity contribution >= 4 is 30.7 Å². The van der Waals surface area contributed by atoms with Crippen molar-refractivity contribution in [3.63, 3.8) is 0 Å². The normalized spacial score (nSPS) is 16.1. The molecule has 1 aliphatic heterocycles. The van der Waals surface area contributed by atoms with E-state index in [2.05, 4.69) is 9.55 Å². The molecular formula is C16H22Cl2N4O. The molecule has 1 aromatic heterocycles. The summed E-state index contributed by atoms with van der Waals surface area (Å²) in [7, 11) is 0. The van der Waals surface area contributed by atoms with Crippen LogP contribution in [0.25, 0.3) is 0 Å².